The normalized spacial score (nSPS) is 12.6. The molecular formula is C14H26N2O3S. The molecule has 0 aromatic carbocycles. The van der Waals surface area contributed by atoms with Crippen LogP contribution in [0.25, 0.3) is 0 Å². The lowest BCUT2D eigenvalue weighted by Gasteiger charge is -2.18. The van der Waals surface area contributed by atoms with E-state index in [1.807, 2.05) is 27.7 Å². The van der Waals surface area contributed by atoms with E-state index in [4.69, 9.17) is 4.42 Å². The Bertz CT molecular complexity index is 521. The van der Waals surface area contributed by atoms with Crippen LogP contribution in [0.15, 0.2) is 15.4 Å². The van der Waals surface area contributed by atoms with Gasteiger partial charge in [0, 0.05) is 25.2 Å². The van der Waals surface area contributed by atoms with Crippen molar-refractivity contribution in [1.82, 2.24) is 9.62 Å². The summed E-state index contributed by atoms with van der Waals surface area (Å²) in [7, 11) is -3.45. The van der Waals surface area contributed by atoms with Gasteiger partial charge >= 0.3 is 0 Å². The number of sulfonamides is 1. The fourth-order valence-electron chi connectivity index (χ4n) is 2.01. The molecule has 0 amide bonds. The molecule has 1 aromatic heterocycles. The maximum atomic E-state index is 12.6. The van der Waals surface area contributed by atoms with E-state index in [2.05, 4.69) is 5.32 Å². The monoisotopic (exact) mass is 302 g/mol. The minimum absolute atomic E-state index is 0.286. The van der Waals surface area contributed by atoms with Crippen LogP contribution in [0.3, 0.4) is 0 Å². The first-order valence-electron chi connectivity index (χ1n) is 7.15. The van der Waals surface area contributed by atoms with Crippen molar-refractivity contribution >= 4 is 10.0 Å². The van der Waals surface area contributed by atoms with Gasteiger partial charge in [-0.05, 0) is 13.3 Å². The summed E-state index contributed by atoms with van der Waals surface area (Å²) >= 11 is 0. The number of rotatable bonds is 8. The third-order valence-corrected chi connectivity index (χ3v) is 5.13. The lowest BCUT2D eigenvalue weighted by atomic mass is 10.3. The first-order chi connectivity index (χ1) is 9.32. The highest BCUT2D eigenvalue weighted by Crippen LogP contribution is 2.23. The molecule has 1 heterocycles. The molecule has 0 spiro atoms. The van der Waals surface area contributed by atoms with Crippen LogP contribution >= 0.6 is 0 Å². The Balaban J connectivity index is 3.00. The lowest BCUT2D eigenvalue weighted by molar-refractivity contribution is 0.421. The molecule has 1 aromatic rings. The molecule has 1 rings (SSSR count). The Labute approximate surface area is 122 Å². The maximum Gasteiger partial charge on any atom is 0.246 e. The topological polar surface area (TPSA) is 62.6 Å². The van der Waals surface area contributed by atoms with Gasteiger partial charge in [-0.25, -0.2) is 8.42 Å². The van der Waals surface area contributed by atoms with Crippen LogP contribution in [0.5, 0.6) is 0 Å². The van der Waals surface area contributed by atoms with E-state index in [1.54, 1.807) is 13.0 Å². The number of hydrogen-bond donors (Lipinski definition) is 1. The summed E-state index contributed by atoms with van der Waals surface area (Å²) in [6.45, 7) is 11.1. The van der Waals surface area contributed by atoms with Crippen LogP contribution in [0.4, 0.5) is 0 Å². The van der Waals surface area contributed by atoms with Crippen LogP contribution in [0, 0.1) is 6.92 Å². The standard InChI is InChI=1S/C14H26N2O3S/c1-6-8-16(7-2)20(17,18)14-9-13(19-12(14)5)10-15-11(3)4/h9,11,15H,6-8,10H2,1-5H3. The SMILES string of the molecule is CCCN(CC)S(=O)(=O)c1cc(CNC(C)C)oc1C. The van der Waals surface area contributed by atoms with Crippen molar-refractivity contribution in [2.75, 3.05) is 13.1 Å². The fraction of sp³-hybridized carbons (Fsp3) is 0.714. The Morgan fingerprint density at radius 3 is 2.50 bits per heavy atom. The summed E-state index contributed by atoms with van der Waals surface area (Å²) < 4.78 is 32.2. The summed E-state index contributed by atoms with van der Waals surface area (Å²) in [5, 5.41) is 3.22. The summed E-state index contributed by atoms with van der Waals surface area (Å²) in [6, 6.07) is 1.96. The molecule has 0 aliphatic heterocycles. The van der Waals surface area contributed by atoms with Crippen molar-refractivity contribution < 1.29 is 12.8 Å². The maximum absolute atomic E-state index is 12.6. The third kappa shape index (κ3) is 4.07. The van der Waals surface area contributed by atoms with Gasteiger partial charge in [-0.2, -0.15) is 4.31 Å². The van der Waals surface area contributed by atoms with Gasteiger partial charge in [0.2, 0.25) is 10.0 Å². The molecule has 6 heteroatoms. The molecule has 0 radical (unpaired) electrons. The lowest BCUT2D eigenvalue weighted by Crippen LogP contribution is -2.31. The zero-order chi connectivity index (χ0) is 15.3. The predicted octanol–water partition coefficient (Wildman–Crippen LogP) is 2.51. The molecule has 0 bridgehead atoms. The Hall–Kier alpha value is -0.850. The molecule has 5 nitrogen and oxygen atoms in total. The highest BCUT2D eigenvalue weighted by molar-refractivity contribution is 7.89. The largest absolute Gasteiger partial charge is 0.464 e. The number of nitrogens with zero attached hydrogens (tertiary/aromatic N) is 1. The van der Waals surface area contributed by atoms with E-state index in [9.17, 15) is 8.42 Å². The average molecular weight is 302 g/mol. The first-order valence-corrected chi connectivity index (χ1v) is 8.59. The van der Waals surface area contributed by atoms with Crippen LogP contribution in [0.1, 0.15) is 45.6 Å². The summed E-state index contributed by atoms with van der Waals surface area (Å²) in [5.74, 6) is 1.11. The minimum Gasteiger partial charge on any atom is -0.464 e. The van der Waals surface area contributed by atoms with Gasteiger partial charge in [0.05, 0.1) is 6.54 Å². The van der Waals surface area contributed by atoms with Crippen molar-refractivity contribution in [2.45, 2.75) is 58.5 Å². The molecular weight excluding hydrogens is 276 g/mol. The molecule has 116 valence electrons. The molecule has 0 aliphatic carbocycles. The van der Waals surface area contributed by atoms with E-state index in [-0.39, 0.29) is 4.90 Å². The number of nitrogens with one attached hydrogen (secondary N) is 1. The number of hydrogen-bond acceptors (Lipinski definition) is 4. The zero-order valence-electron chi connectivity index (χ0n) is 13.1. The summed E-state index contributed by atoms with van der Waals surface area (Å²) in [6.07, 6.45) is 0.797. The number of furan rings is 1. The van der Waals surface area contributed by atoms with Crippen LogP contribution in [-0.4, -0.2) is 31.9 Å². The molecule has 1 N–H and O–H groups in total. The van der Waals surface area contributed by atoms with Crippen molar-refractivity contribution in [3.63, 3.8) is 0 Å². The third-order valence-electron chi connectivity index (χ3n) is 3.05. The van der Waals surface area contributed by atoms with Gasteiger partial charge in [0.1, 0.15) is 16.4 Å². The Morgan fingerprint density at radius 2 is 2.00 bits per heavy atom. The van der Waals surface area contributed by atoms with E-state index in [0.717, 1.165) is 6.42 Å². The number of aryl methyl sites for hydroxylation is 1. The zero-order valence-corrected chi connectivity index (χ0v) is 13.9. The molecule has 0 atom stereocenters. The fourth-order valence-corrected chi connectivity index (χ4v) is 3.74. The molecule has 0 unspecified atom stereocenters. The molecule has 0 aliphatic rings. The van der Waals surface area contributed by atoms with Crippen LogP contribution < -0.4 is 5.32 Å². The molecule has 0 saturated heterocycles. The van der Waals surface area contributed by atoms with Crippen LogP contribution in [0.2, 0.25) is 0 Å². The van der Waals surface area contributed by atoms with E-state index in [1.165, 1.54) is 4.31 Å². The van der Waals surface area contributed by atoms with Gasteiger partial charge in [-0.3, -0.25) is 0 Å². The summed E-state index contributed by atoms with van der Waals surface area (Å²) in [5.41, 5.74) is 0. The highest BCUT2D eigenvalue weighted by Gasteiger charge is 2.27. The second kappa shape index (κ2) is 7.24. The van der Waals surface area contributed by atoms with Gasteiger partial charge in [-0.15, -0.1) is 0 Å². The smallest absolute Gasteiger partial charge is 0.246 e. The van der Waals surface area contributed by atoms with Crippen molar-refractivity contribution in [2.24, 2.45) is 0 Å². The second-order valence-corrected chi connectivity index (χ2v) is 7.07. The molecule has 20 heavy (non-hydrogen) atoms. The van der Waals surface area contributed by atoms with E-state index in [0.29, 0.717) is 37.2 Å². The van der Waals surface area contributed by atoms with Crippen molar-refractivity contribution in [1.29, 1.82) is 0 Å². The van der Waals surface area contributed by atoms with Gasteiger partial charge in [-0.1, -0.05) is 27.7 Å². The minimum atomic E-state index is -3.45. The van der Waals surface area contributed by atoms with E-state index >= 15 is 0 Å². The predicted molar refractivity (Wildman–Crippen MR) is 80.1 cm³/mol. The van der Waals surface area contributed by atoms with Crippen LogP contribution in [-0.2, 0) is 16.6 Å². The van der Waals surface area contributed by atoms with Gasteiger partial charge < -0.3 is 9.73 Å². The van der Waals surface area contributed by atoms with Gasteiger partial charge in [0.15, 0.2) is 0 Å². The Kier molecular flexibility index (Phi) is 6.23. The highest BCUT2D eigenvalue weighted by atomic mass is 32.2. The summed E-state index contributed by atoms with van der Waals surface area (Å²) in [4.78, 5) is 0.286. The van der Waals surface area contributed by atoms with E-state index < -0.39 is 10.0 Å². The Morgan fingerprint density at radius 1 is 1.35 bits per heavy atom. The average Bonchev–Trinajstić information content (AvgIpc) is 2.75. The first kappa shape index (κ1) is 17.2. The van der Waals surface area contributed by atoms with Crippen molar-refractivity contribution in [3.05, 3.63) is 17.6 Å². The quantitative estimate of drug-likeness (QED) is 0.801. The van der Waals surface area contributed by atoms with Crippen molar-refractivity contribution in [3.8, 4) is 0 Å². The molecule has 0 saturated carbocycles. The van der Waals surface area contributed by atoms with Gasteiger partial charge in [0.25, 0.3) is 0 Å². The second-order valence-electron chi connectivity index (χ2n) is 5.17. The molecule has 0 fully saturated rings.